The van der Waals surface area contributed by atoms with E-state index in [2.05, 4.69) is 5.32 Å². The van der Waals surface area contributed by atoms with Gasteiger partial charge in [0.2, 0.25) is 0 Å². The van der Waals surface area contributed by atoms with Crippen LogP contribution in [0.4, 0.5) is 0 Å². The Kier molecular flexibility index (Phi) is 5.01. The van der Waals surface area contributed by atoms with Crippen LogP contribution in [0.25, 0.3) is 0 Å². The van der Waals surface area contributed by atoms with E-state index in [1.54, 1.807) is 13.4 Å². The molecule has 2 atom stereocenters. The summed E-state index contributed by atoms with van der Waals surface area (Å²) in [5.74, 6) is 0.491. The Labute approximate surface area is 169 Å². The van der Waals surface area contributed by atoms with Crippen molar-refractivity contribution in [2.75, 3.05) is 14.2 Å². The summed E-state index contributed by atoms with van der Waals surface area (Å²) in [5.41, 5.74) is 3.41. The average molecular weight is 393 g/mol. The van der Waals surface area contributed by atoms with Gasteiger partial charge >= 0.3 is 5.97 Å². The highest BCUT2D eigenvalue weighted by atomic mass is 16.5. The molecule has 6 heteroatoms. The Balaban J connectivity index is 1.83. The average Bonchev–Trinajstić information content (AvgIpc) is 3.27. The van der Waals surface area contributed by atoms with Gasteiger partial charge in [0.1, 0.15) is 11.5 Å². The number of methoxy groups -OCH3 is 2. The highest BCUT2D eigenvalue weighted by Crippen LogP contribution is 2.46. The van der Waals surface area contributed by atoms with E-state index in [0.29, 0.717) is 35.4 Å². The van der Waals surface area contributed by atoms with E-state index in [1.807, 2.05) is 43.3 Å². The molecule has 0 fully saturated rings. The topological polar surface area (TPSA) is 77.8 Å². The summed E-state index contributed by atoms with van der Waals surface area (Å²) in [6.45, 7) is 1.84. The lowest BCUT2D eigenvalue weighted by atomic mass is 9.72. The zero-order valence-electron chi connectivity index (χ0n) is 16.7. The third kappa shape index (κ3) is 3.35. The number of dihydropyridines is 1. The van der Waals surface area contributed by atoms with Crippen molar-refractivity contribution in [2.45, 2.75) is 31.6 Å². The van der Waals surface area contributed by atoms with Crippen LogP contribution in [0.2, 0.25) is 0 Å². The molecular formula is C23H23NO5. The molecule has 0 saturated carbocycles. The number of ether oxygens (including phenoxy) is 2. The first-order valence-electron chi connectivity index (χ1n) is 9.53. The van der Waals surface area contributed by atoms with Gasteiger partial charge in [-0.15, -0.1) is 0 Å². The number of benzene rings is 1. The molecule has 1 aliphatic heterocycles. The summed E-state index contributed by atoms with van der Waals surface area (Å²) in [6.07, 6.45) is 2.60. The standard InChI is InChI=1S/C23H23NO5/c1-13-20(23(26)28-3)21(14-6-4-7-16(10-14)27-2)22-17(24-13)11-15(12-18(22)25)19-8-5-9-29-19/h4-10,15,21,24H,11-12H2,1-3H3/t15-,21+/m0/s1. The molecule has 1 aromatic carbocycles. The first-order valence-corrected chi connectivity index (χ1v) is 9.53. The molecule has 6 nitrogen and oxygen atoms in total. The monoisotopic (exact) mass is 393 g/mol. The third-order valence-corrected chi connectivity index (χ3v) is 5.61. The molecule has 2 heterocycles. The van der Waals surface area contributed by atoms with Gasteiger partial charge in [-0.05, 0) is 43.2 Å². The third-order valence-electron chi connectivity index (χ3n) is 5.61. The molecule has 0 amide bonds. The molecule has 1 aliphatic carbocycles. The molecule has 2 aliphatic rings. The van der Waals surface area contributed by atoms with Crippen molar-refractivity contribution in [3.8, 4) is 5.75 Å². The highest BCUT2D eigenvalue weighted by molar-refractivity contribution is 6.04. The van der Waals surface area contributed by atoms with Gasteiger partial charge in [0.05, 0.1) is 26.1 Å². The number of carbonyl (C=O) groups excluding carboxylic acids is 2. The number of ketones is 1. The molecule has 150 valence electrons. The van der Waals surface area contributed by atoms with Crippen molar-refractivity contribution in [3.05, 3.63) is 76.5 Å². The van der Waals surface area contributed by atoms with E-state index in [0.717, 1.165) is 17.0 Å². The minimum absolute atomic E-state index is 0.00173. The number of esters is 1. The van der Waals surface area contributed by atoms with Gasteiger partial charge in [-0.1, -0.05) is 12.1 Å². The van der Waals surface area contributed by atoms with Crippen LogP contribution in [0, 0.1) is 0 Å². The van der Waals surface area contributed by atoms with E-state index in [9.17, 15) is 9.59 Å². The molecule has 2 aromatic rings. The van der Waals surface area contributed by atoms with Gasteiger partial charge in [0.15, 0.2) is 5.78 Å². The summed E-state index contributed by atoms with van der Waals surface area (Å²) in [6, 6.07) is 11.2. The number of rotatable bonds is 4. The zero-order chi connectivity index (χ0) is 20.5. The van der Waals surface area contributed by atoms with Crippen LogP contribution in [0.1, 0.15) is 42.9 Å². The summed E-state index contributed by atoms with van der Waals surface area (Å²) in [5, 5.41) is 3.30. The number of Topliss-reactive ketones (excluding diaryl/α,β-unsaturated/α-hetero) is 1. The van der Waals surface area contributed by atoms with E-state index >= 15 is 0 Å². The van der Waals surface area contributed by atoms with E-state index in [4.69, 9.17) is 13.9 Å². The maximum atomic E-state index is 13.3. The number of nitrogens with one attached hydrogen (secondary N) is 1. The minimum Gasteiger partial charge on any atom is -0.497 e. The SMILES string of the molecule is COC(=O)C1=C(C)NC2=C(C(=O)C[C@@H](c3ccco3)C2)[C@@H]1c1cccc(OC)c1. The molecule has 1 aromatic heterocycles. The highest BCUT2D eigenvalue weighted by Gasteiger charge is 2.41. The molecule has 4 rings (SSSR count). The molecular weight excluding hydrogens is 370 g/mol. The van der Waals surface area contributed by atoms with Crippen molar-refractivity contribution in [1.29, 1.82) is 0 Å². The van der Waals surface area contributed by atoms with Crippen LogP contribution in [0.3, 0.4) is 0 Å². The second-order valence-corrected chi connectivity index (χ2v) is 7.30. The lowest BCUT2D eigenvalue weighted by Gasteiger charge is -2.36. The second kappa shape index (κ2) is 7.62. The van der Waals surface area contributed by atoms with Gasteiger partial charge in [-0.2, -0.15) is 0 Å². The fourth-order valence-corrected chi connectivity index (χ4v) is 4.30. The predicted octanol–water partition coefficient (Wildman–Crippen LogP) is 3.82. The normalized spacial score (nSPS) is 21.6. The fourth-order valence-electron chi connectivity index (χ4n) is 4.30. The Morgan fingerprint density at radius 3 is 2.69 bits per heavy atom. The molecule has 0 unspecified atom stereocenters. The molecule has 0 spiro atoms. The van der Waals surface area contributed by atoms with E-state index in [-0.39, 0.29) is 11.7 Å². The van der Waals surface area contributed by atoms with E-state index in [1.165, 1.54) is 7.11 Å². The Bertz CT molecular complexity index is 1020. The van der Waals surface area contributed by atoms with Gasteiger partial charge in [0, 0.05) is 35.2 Å². The Morgan fingerprint density at radius 2 is 2.00 bits per heavy atom. The molecule has 29 heavy (non-hydrogen) atoms. The maximum Gasteiger partial charge on any atom is 0.336 e. The minimum atomic E-state index is -0.501. The van der Waals surface area contributed by atoms with Gasteiger partial charge in [0.25, 0.3) is 0 Å². The molecule has 1 N–H and O–H groups in total. The summed E-state index contributed by atoms with van der Waals surface area (Å²) < 4.78 is 15.9. The summed E-state index contributed by atoms with van der Waals surface area (Å²) in [7, 11) is 2.94. The van der Waals surface area contributed by atoms with Gasteiger partial charge in [-0.25, -0.2) is 4.79 Å². The van der Waals surface area contributed by atoms with Crippen LogP contribution in [-0.4, -0.2) is 26.0 Å². The lowest BCUT2D eigenvalue weighted by molar-refractivity contribution is -0.136. The summed E-state index contributed by atoms with van der Waals surface area (Å²) in [4.78, 5) is 25.9. The van der Waals surface area contributed by atoms with Crippen LogP contribution < -0.4 is 10.1 Å². The zero-order valence-corrected chi connectivity index (χ0v) is 16.7. The van der Waals surface area contributed by atoms with Gasteiger partial charge in [-0.3, -0.25) is 4.79 Å². The number of furan rings is 1. The molecule has 0 bridgehead atoms. The summed E-state index contributed by atoms with van der Waals surface area (Å²) >= 11 is 0. The van der Waals surface area contributed by atoms with Crippen molar-refractivity contribution >= 4 is 11.8 Å². The van der Waals surface area contributed by atoms with E-state index < -0.39 is 11.9 Å². The maximum absolute atomic E-state index is 13.3. The second-order valence-electron chi connectivity index (χ2n) is 7.30. The quantitative estimate of drug-likeness (QED) is 0.796. The molecule has 0 saturated heterocycles. The van der Waals surface area contributed by atoms with Crippen molar-refractivity contribution in [2.24, 2.45) is 0 Å². The first-order chi connectivity index (χ1) is 14.0. The first kappa shape index (κ1) is 19.1. The van der Waals surface area contributed by atoms with Crippen molar-refractivity contribution < 1.29 is 23.5 Å². The fraction of sp³-hybridized carbons (Fsp3) is 0.304. The van der Waals surface area contributed by atoms with Crippen molar-refractivity contribution in [3.63, 3.8) is 0 Å². The van der Waals surface area contributed by atoms with Crippen LogP contribution in [0.15, 0.2) is 69.6 Å². The smallest absolute Gasteiger partial charge is 0.336 e. The van der Waals surface area contributed by atoms with Crippen LogP contribution in [-0.2, 0) is 14.3 Å². The van der Waals surface area contributed by atoms with Gasteiger partial charge < -0.3 is 19.2 Å². The Hall–Kier alpha value is -3.28. The lowest BCUT2D eigenvalue weighted by Crippen LogP contribution is -2.35. The van der Waals surface area contributed by atoms with Crippen LogP contribution >= 0.6 is 0 Å². The predicted molar refractivity (Wildman–Crippen MR) is 106 cm³/mol. The largest absolute Gasteiger partial charge is 0.497 e. The van der Waals surface area contributed by atoms with Crippen molar-refractivity contribution in [1.82, 2.24) is 5.32 Å². The Morgan fingerprint density at radius 1 is 1.17 bits per heavy atom. The number of hydrogen-bond acceptors (Lipinski definition) is 6. The molecule has 0 radical (unpaired) electrons. The number of hydrogen-bond donors (Lipinski definition) is 1. The van der Waals surface area contributed by atoms with Crippen LogP contribution in [0.5, 0.6) is 5.75 Å². The number of allylic oxidation sites excluding steroid dienone is 3. The number of carbonyl (C=O) groups is 2.